The fourth-order valence-corrected chi connectivity index (χ4v) is 0.774. The minimum absolute atomic E-state index is 0.0219. The Balaban J connectivity index is 3.66. The Morgan fingerprint density at radius 2 is 1.33 bits per heavy atom. The zero-order chi connectivity index (χ0) is 9.40. The lowest BCUT2D eigenvalue weighted by molar-refractivity contribution is 0.561. The molecule has 0 bridgehead atoms. The first kappa shape index (κ1) is 10.6. The maximum Gasteiger partial charge on any atom is 0.0345 e. The van der Waals surface area contributed by atoms with Crippen LogP contribution in [-0.2, 0) is 0 Å². The number of hydrogen-bond acceptors (Lipinski definition) is 2. The summed E-state index contributed by atoms with van der Waals surface area (Å²) in [6.45, 7) is 3.67. The van der Waals surface area contributed by atoms with Crippen molar-refractivity contribution in [2.45, 2.75) is 38.8 Å². The van der Waals surface area contributed by atoms with E-state index in [1.165, 1.54) is 0 Å². The van der Waals surface area contributed by atoms with E-state index in [9.17, 15) is 0 Å². The van der Waals surface area contributed by atoms with Crippen molar-refractivity contribution in [1.82, 2.24) is 0 Å². The fraction of sp³-hybridized carbons (Fsp3) is 1.00. The molecule has 0 saturated heterocycles. The molecule has 0 aromatic rings. The highest BCUT2D eigenvalue weighted by Gasteiger charge is 2.02. The van der Waals surface area contributed by atoms with E-state index in [2.05, 4.69) is 20.1 Å². The molecule has 0 amide bonds. The average molecular weight is 168 g/mol. The highest BCUT2D eigenvalue weighted by atomic mass is 15.2. The molecule has 6 nitrogen and oxygen atoms in total. The zero-order valence-electron chi connectivity index (χ0n) is 7.25. The molecule has 0 fully saturated rings. The van der Waals surface area contributed by atoms with Crippen LogP contribution in [0, 0.1) is 0 Å². The third kappa shape index (κ3) is 5.41. The van der Waals surface area contributed by atoms with Crippen LogP contribution in [0.3, 0.4) is 0 Å². The van der Waals surface area contributed by atoms with E-state index in [1.54, 1.807) is 0 Å². The van der Waals surface area contributed by atoms with Crippen LogP contribution in [0.25, 0.3) is 20.9 Å². The maximum atomic E-state index is 8.08. The van der Waals surface area contributed by atoms with Gasteiger partial charge in [-0.1, -0.05) is 24.1 Å². The molecule has 2 unspecified atom stereocenters. The Morgan fingerprint density at radius 1 is 1.00 bits per heavy atom. The first-order valence-corrected chi connectivity index (χ1v) is 3.79. The van der Waals surface area contributed by atoms with Gasteiger partial charge in [0.15, 0.2) is 0 Å². The Morgan fingerprint density at radius 3 is 1.58 bits per heavy atom. The van der Waals surface area contributed by atoms with Crippen LogP contribution in [0.15, 0.2) is 10.2 Å². The van der Waals surface area contributed by atoms with Gasteiger partial charge in [0.25, 0.3) is 0 Å². The summed E-state index contributed by atoms with van der Waals surface area (Å²) in [5.74, 6) is 0. The molecule has 0 rings (SSSR count). The van der Waals surface area contributed by atoms with Gasteiger partial charge < -0.3 is 0 Å². The van der Waals surface area contributed by atoms with Crippen LogP contribution >= 0.6 is 0 Å². The molecule has 6 heteroatoms. The van der Waals surface area contributed by atoms with Crippen molar-refractivity contribution in [2.24, 2.45) is 10.2 Å². The smallest absolute Gasteiger partial charge is 0.0345 e. The van der Waals surface area contributed by atoms with Gasteiger partial charge in [0, 0.05) is 21.9 Å². The standard InChI is InChI=1S/C6H12N6/c1-5(9-11-7)3-4-6(2)10-12-8/h5-6H,3-4H2,1-2H3. The number of nitrogens with zero attached hydrogens (tertiary/aromatic N) is 6. The lowest BCUT2D eigenvalue weighted by Crippen LogP contribution is -2.03. The molecule has 0 aromatic carbocycles. The average Bonchev–Trinajstić information content (AvgIpc) is 2.02. The Bertz CT molecular complexity index is 188. The van der Waals surface area contributed by atoms with Crippen LogP contribution in [0.2, 0.25) is 0 Å². The van der Waals surface area contributed by atoms with Crippen molar-refractivity contribution in [1.29, 1.82) is 0 Å². The minimum Gasteiger partial charge on any atom is -0.0909 e. The van der Waals surface area contributed by atoms with E-state index in [0.29, 0.717) is 0 Å². The molecule has 0 saturated carbocycles. The van der Waals surface area contributed by atoms with Crippen LogP contribution in [0.1, 0.15) is 26.7 Å². The molecule has 0 radical (unpaired) electrons. The lowest BCUT2D eigenvalue weighted by atomic mass is 10.1. The highest BCUT2D eigenvalue weighted by Crippen LogP contribution is 2.07. The second-order valence-electron chi connectivity index (χ2n) is 2.69. The van der Waals surface area contributed by atoms with Gasteiger partial charge in [-0.15, -0.1) is 0 Å². The quantitative estimate of drug-likeness (QED) is 0.342. The zero-order valence-corrected chi connectivity index (χ0v) is 7.25. The minimum atomic E-state index is -0.0219. The van der Waals surface area contributed by atoms with Crippen LogP contribution < -0.4 is 0 Å². The predicted molar refractivity (Wildman–Crippen MR) is 46.5 cm³/mol. The third-order valence-electron chi connectivity index (χ3n) is 1.50. The maximum absolute atomic E-state index is 8.08. The molecule has 2 atom stereocenters. The van der Waals surface area contributed by atoms with Gasteiger partial charge in [-0.2, -0.15) is 0 Å². The summed E-state index contributed by atoms with van der Waals surface area (Å²) in [6, 6.07) is -0.0438. The van der Waals surface area contributed by atoms with Crippen molar-refractivity contribution in [3.05, 3.63) is 20.9 Å². The SMILES string of the molecule is CC(CCC(C)N=[N+]=[N-])N=[N+]=[N-]. The number of hydrogen-bond donors (Lipinski definition) is 0. The normalized spacial score (nSPS) is 13.8. The summed E-state index contributed by atoms with van der Waals surface area (Å²) in [6.07, 6.45) is 1.51. The lowest BCUT2D eigenvalue weighted by Gasteiger charge is -2.05. The fourth-order valence-electron chi connectivity index (χ4n) is 0.774. The summed E-state index contributed by atoms with van der Waals surface area (Å²) in [4.78, 5) is 5.36. The Hall–Kier alpha value is -1.38. The third-order valence-corrected chi connectivity index (χ3v) is 1.50. The summed E-state index contributed by atoms with van der Waals surface area (Å²) in [7, 11) is 0. The molecule has 0 aliphatic carbocycles. The second-order valence-corrected chi connectivity index (χ2v) is 2.69. The van der Waals surface area contributed by atoms with Crippen LogP contribution in [0.5, 0.6) is 0 Å². The van der Waals surface area contributed by atoms with Gasteiger partial charge in [-0.25, -0.2) is 0 Å². The summed E-state index contributed by atoms with van der Waals surface area (Å²) >= 11 is 0. The van der Waals surface area contributed by atoms with Gasteiger partial charge in [0.1, 0.15) is 0 Å². The van der Waals surface area contributed by atoms with E-state index >= 15 is 0 Å². The van der Waals surface area contributed by atoms with Gasteiger partial charge in [-0.05, 0) is 23.9 Å². The van der Waals surface area contributed by atoms with Crippen molar-refractivity contribution < 1.29 is 0 Å². The topological polar surface area (TPSA) is 97.5 Å². The molecule has 0 spiro atoms. The van der Waals surface area contributed by atoms with E-state index in [4.69, 9.17) is 11.1 Å². The molecule has 66 valence electrons. The summed E-state index contributed by atoms with van der Waals surface area (Å²) in [5, 5.41) is 7.00. The molecule has 12 heavy (non-hydrogen) atoms. The van der Waals surface area contributed by atoms with E-state index in [0.717, 1.165) is 12.8 Å². The molecule has 0 heterocycles. The van der Waals surface area contributed by atoms with Crippen LogP contribution in [0.4, 0.5) is 0 Å². The molecule has 0 N–H and O–H groups in total. The Kier molecular flexibility index (Phi) is 5.61. The summed E-state index contributed by atoms with van der Waals surface area (Å²) in [5.41, 5.74) is 16.2. The van der Waals surface area contributed by atoms with Gasteiger partial charge >= 0.3 is 0 Å². The monoisotopic (exact) mass is 168 g/mol. The molecule has 0 aliphatic heterocycles. The van der Waals surface area contributed by atoms with Crippen molar-refractivity contribution in [2.75, 3.05) is 0 Å². The van der Waals surface area contributed by atoms with E-state index < -0.39 is 0 Å². The molecule has 0 aromatic heterocycles. The molecule has 0 aliphatic rings. The van der Waals surface area contributed by atoms with E-state index in [-0.39, 0.29) is 12.1 Å². The number of azide groups is 2. The van der Waals surface area contributed by atoms with Crippen molar-refractivity contribution in [3.8, 4) is 0 Å². The van der Waals surface area contributed by atoms with Gasteiger partial charge in [-0.3, -0.25) is 0 Å². The highest BCUT2D eigenvalue weighted by molar-refractivity contribution is 4.66. The number of rotatable bonds is 5. The van der Waals surface area contributed by atoms with Gasteiger partial charge in [0.2, 0.25) is 0 Å². The van der Waals surface area contributed by atoms with Crippen LogP contribution in [-0.4, -0.2) is 12.1 Å². The second kappa shape index (κ2) is 6.34. The first-order chi connectivity index (χ1) is 5.70. The Labute approximate surface area is 70.8 Å². The summed E-state index contributed by atoms with van der Waals surface area (Å²) < 4.78 is 0. The largest absolute Gasteiger partial charge is 0.0909 e. The first-order valence-electron chi connectivity index (χ1n) is 3.79. The van der Waals surface area contributed by atoms with E-state index in [1.807, 2.05) is 13.8 Å². The molecular weight excluding hydrogens is 156 g/mol. The van der Waals surface area contributed by atoms with Crippen molar-refractivity contribution in [3.63, 3.8) is 0 Å². The predicted octanol–water partition coefficient (Wildman–Crippen LogP) is 3.16. The van der Waals surface area contributed by atoms with Crippen molar-refractivity contribution >= 4 is 0 Å². The molecular formula is C6H12N6. The van der Waals surface area contributed by atoms with Gasteiger partial charge in [0.05, 0.1) is 0 Å².